The predicted octanol–water partition coefficient (Wildman–Crippen LogP) is 3.09. The lowest BCUT2D eigenvalue weighted by molar-refractivity contribution is 0.389. The minimum absolute atomic E-state index is 0.358. The summed E-state index contributed by atoms with van der Waals surface area (Å²) in [7, 11) is 0. The molecule has 1 N–H and O–H groups in total. The summed E-state index contributed by atoms with van der Waals surface area (Å²) in [6, 6.07) is 1.88. The Morgan fingerprint density at radius 2 is 2.07 bits per heavy atom. The van der Waals surface area contributed by atoms with Crippen molar-refractivity contribution in [2.45, 2.75) is 27.2 Å². The van der Waals surface area contributed by atoms with Crippen LogP contribution in [0, 0.1) is 5.41 Å². The number of hydrogen-bond acceptors (Lipinski definition) is 3. The molecule has 14 heavy (non-hydrogen) atoms. The highest BCUT2D eigenvalue weighted by molar-refractivity contribution is 9.10. The van der Waals surface area contributed by atoms with Crippen LogP contribution >= 0.6 is 15.9 Å². The van der Waals surface area contributed by atoms with E-state index in [0.717, 1.165) is 23.4 Å². The van der Waals surface area contributed by atoms with Gasteiger partial charge >= 0.3 is 0 Å². The highest BCUT2D eigenvalue weighted by atomic mass is 79.9. The van der Waals surface area contributed by atoms with E-state index >= 15 is 0 Å². The fraction of sp³-hybridized carbons (Fsp3) is 0.600. The van der Waals surface area contributed by atoms with Gasteiger partial charge in [-0.25, -0.2) is 9.97 Å². The van der Waals surface area contributed by atoms with E-state index in [1.165, 1.54) is 0 Å². The average Bonchev–Trinajstić information content (AvgIpc) is 2.01. The predicted molar refractivity (Wildman–Crippen MR) is 62.3 cm³/mol. The zero-order valence-electron chi connectivity index (χ0n) is 8.84. The van der Waals surface area contributed by atoms with Crippen LogP contribution in [0.15, 0.2) is 17.0 Å². The van der Waals surface area contributed by atoms with Crippen LogP contribution in [-0.2, 0) is 0 Å². The SMILES string of the molecule is CC(C)(C)CCNc1cc(Br)ncn1. The highest BCUT2D eigenvalue weighted by Crippen LogP contribution is 2.18. The van der Waals surface area contributed by atoms with E-state index in [1.54, 1.807) is 6.33 Å². The van der Waals surface area contributed by atoms with Crippen molar-refractivity contribution in [2.24, 2.45) is 5.41 Å². The maximum absolute atomic E-state index is 4.11. The fourth-order valence-corrected chi connectivity index (χ4v) is 1.30. The topological polar surface area (TPSA) is 37.8 Å². The highest BCUT2D eigenvalue weighted by Gasteiger charge is 2.09. The molecule has 0 fully saturated rings. The molecule has 0 bridgehead atoms. The molecule has 0 saturated carbocycles. The fourth-order valence-electron chi connectivity index (χ4n) is 0.996. The molecule has 78 valence electrons. The average molecular weight is 258 g/mol. The molecular formula is C10H16BrN3. The number of hydrogen-bond donors (Lipinski definition) is 1. The molecule has 0 radical (unpaired) electrons. The van der Waals surface area contributed by atoms with Crippen LogP contribution in [0.5, 0.6) is 0 Å². The summed E-state index contributed by atoms with van der Waals surface area (Å²) >= 11 is 3.30. The van der Waals surface area contributed by atoms with Gasteiger partial charge in [0.15, 0.2) is 0 Å². The molecule has 0 aliphatic heterocycles. The molecule has 0 amide bonds. The second-order valence-electron chi connectivity index (χ2n) is 4.46. The number of aromatic nitrogens is 2. The van der Waals surface area contributed by atoms with Gasteiger partial charge < -0.3 is 5.32 Å². The summed E-state index contributed by atoms with van der Waals surface area (Å²) < 4.78 is 0.811. The Hall–Kier alpha value is -0.640. The molecule has 0 aliphatic carbocycles. The van der Waals surface area contributed by atoms with Gasteiger partial charge in [-0.1, -0.05) is 20.8 Å². The van der Waals surface area contributed by atoms with Gasteiger partial charge in [0.25, 0.3) is 0 Å². The molecule has 0 unspecified atom stereocenters. The Labute approximate surface area is 93.5 Å². The van der Waals surface area contributed by atoms with E-state index in [-0.39, 0.29) is 0 Å². The lowest BCUT2D eigenvalue weighted by atomic mass is 9.92. The second kappa shape index (κ2) is 4.73. The van der Waals surface area contributed by atoms with Gasteiger partial charge in [-0.2, -0.15) is 0 Å². The van der Waals surface area contributed by atoms with Gasteiger partial charge in [-0.3, -0.25) is 0 Å². The number of anilines is 1. The summed E-state index contributed by atoms with van der Waals surface area (Å²) in [6.45, 7) is 7.62. The summed E-state index contributed by atoms with van der Waals surface area (Å²) in [5.41, 5.74) is 0.358. The molecule has 0 aliphatic rings. The van der Waals surface area contributed by atoms with E-state index in [1.807, 2.05) is 6.07 Å². The summed E-state index contributed by atoms with van der Waals surface area (Å²) in [5, 5.41) is 3.26. The van der Waals surface area contributed by atoms with E-state index in [9.17, 15) is 0 Å². The van der Waals surface area contributed by atoms with Gasteiger partial charge in [0.05, 0.1) is 0 Å². The Bertz CT molecular complexity index is 294. The zero-order chi connectivity index (χ0) is 10.6. The number of nitrogens with one attached hydrogen (secondary N) is 1. The lowest BCUT2D eigenvalue weighted by Crippen LogP contribution is -2.13. The quantitative estimate of drug-likeness (QED) is 0.846. The minimum Gasteiger partial charge on any atom is -0.370 e. The number of nitrogens with zero attached hydrogens (tertiary/aromatic N) is 2. The third-order valence-electron chi connectivity index (χ3n) is 1.81. The molecule has 1 rings (SSSR count). The molecule has 0 spiro atoms. The lowest BCUT2D eigenvalue weighted by Gasteiger charge is -2.18. The van der Waals surface area contributed by atoms with E-state index < -0.39 is 0 Å². The van der Waals surface area contributed by atoms with Crippen molar-refractivity contribution in [1.82, 2.24) is 9.97 Å². The first-order chi connectivity index (χ1) is 6.47. The monoisotopic (exact) mass is 257 g/mol. The van der Waals surface area contributed by atoms with Crippen LogP contribution in [0.2, 0.25) is 0 Å². The maximum atomic E-state index is 4.11. The third-order valence-corrected chi connectivity index (χ3v) is 2.25. The molecule has 1 heterocycles. The standard InChI is InChI=1S/C10H16BrN3/c1-10(2,3)4-5-12-9-6-8(11)13-7-14-9/h6-7H,4-5H2,1-3H3,(H,12,13,14). The summed E-state index contributed by atoms with van der Waals surface area (Å²) in [4.78, 5) is 8.07. The van der Waals surface area contributed by atoms with Crippen molar-refractivity contribution < 1.29 is 0 Å². The largest absolute Gasteiger partial charge is 0.370 e. The molecule has 1 aromatic heterocycles. The summed E-state index contributed by atoms with van der Waals surface area (Å²) in [5.74, 6) is 0.871. The Balaban J connectivity index is 2.39. The van der Waals surface area contributed by atoms with Gasteiger partial charge in [0.2, 0.25) is 0 Å². The summed E-state index contributed by atoms with van der Waals surface area (Å²) in [6.07, 6.45) is 2.66. The normalized spacial score (nSPS) is 11.4. The van der Waals surface area contributed by atoms with Crippen LogP contribution in [0.3, 0.4) is 0 Å². The molecule has 4 heteroatoms. The second-order valence-corrected chi connectivity index (χ2v) is 5.28. The first kappa shape index (κ1) is 11.4. The molecular weight excluding hydrogens is 242 g/mol. The molecule has 0 saturated heterocycles. The van der Waals surface area contributed by atoms with Crippen LogP contribution in [0.1, 0.15) is 27.2 Å². The maximum Gasteiger partial charge on any atom is 0.130 e. The van der Waals surface area contributed by atoms with Gasteiger partial charge in [0, 0.05) is 12.6 Å². The van der Waals surface area contributed by atoms with Crippen molar-refractivity contribution in [3.8, 4) is 0 Å². The zero-order valence-corrected chi connectivity index (χ0v) is 10.4. The van der Waals surface area contributed by atoms with E-state index in [4.69, 9.17) is 0 Å². The Morgan fingerprint density at radius 3 is 2.64 bits per heavy atom. The van der Waals surface area contributed by atoms with Gasteiger partial charge in [-0.05, 0) is 27.8 Å². The molecule has 3 nitrogen and oxygen atoms in total. The molecule has 0 aromatic carbocycles. The number of halogens is 1. The van der Waals surface area contributed by atoms with Crippen LogP contribution in [-0.4, -0.2) is 16.5 Å². The van der Waals surface area contributed by atoms with Crippen LogP contribution in [0.25, 0.3) is 0 Å². The molecule has 1 aromatic rings. The first-order valence-corrected chi connectivity index (χ1v) is 5.48. The van der Waals surface area contributed by atoms with E-state index in [0.29, 0.717) is 5.41 Å². The van der Waals surface area contributed by atoms with Gasteiger partial charge in [0.1, 0.15) is 16.7 Å². The van der Waals surface area contributed by atoms with Crippen molar-refractivity contribution in [2.75, 3.05) is 11.9 Å². The first-order valence-electron chi connectivity index (χ1n) is 4.69. The van der Waals surface area contributed by atoms with Crippen LogP contribution in [0.4, 0.5) is 5.82 Å². The van der Waals surface area contributed by atoms with Crippen molar-refractivity contribution in [3.63, 3.8) is 0 Å². The minimum atomic E-state index is 0.358. The van der Waals surface area contributed by atoms with Crippen LogP contribution < -0.4 is 5.32 Å². The third kappa shape index (κ3) is 4.56. The Morgan fingerprint density at radius 1 is 1.36 bits per heavy atom. The van der Waals surface area contributed by atoms with Gasteiger partial charge in [-0.15, -0.1) is 0 Å². The van der Waals surface area contributed by atoms with Crippen molar-refractivity contribution in [3.05, 3.63) is 17.0 Å². The van der Waals surface area contributed by atoms with Crippen molar-refractivity contribution in [1.29, 1.82) is 0 Å². The number of rotatable bonds is 3. The van der Waals surface area contributed by atoms with Crippen molar-refractivity contribution >= 4 is 21.7 Å². The molecule has 0 atom stereocenters. The van der Waals surface area contributed by atoms with E-state index in [2.05, 4.69) is 52.0 Å². The Kier molecular flexibility index (Phi) is 3.86. The smallest absolute Gasteiger partial charge is 0.130 e.